The van der Waals surface area contributed by atoms with Crippen LogP contribution in [0, 0.1) is 0 Å². The van der Waals surface area contributed by atoms with Crippen LogP contribution in [0.5, 0.6) is 0 Å². The molecule has 0 aliphatic heterocycles. The van der Waals surface area contributed by atoms with Crippen molar-refractivity contribution in [1.29, 1.82) is 0 Å². The maximum Gasteiger partial charge on any atom is 0.161 e. The van der Waals surface area contributed by atoms with Crippen LogP contribution in [0.15, 0.2) is 28.7 Å². The average molecular weight is 348 g/mol. The number of hydrogen-bond acceptors (Lipinski definition) is 4. The van der Waals surface area contributed by atoms with Gasteiger partial charge in [0.05, 0.1) is 16.8 Å². The molecule has 21 heavy (non-hydrogen) atoms. The lowest BCUT2D eigenvalue weighted by atomic mass is 10.1. The highest BCUT2D eigenvalue weighted by atomic mass is 79.9. The highest BCUT2D eigenvalue weighted by Gasteiger charge is 2.24. The summed E-state index contributed by atoms with van der Waals surface area (Å²) in [6.07, 6.45) is 2.59. The lowest BCUT2D eigenvalue weighted by Gasteiger charge is -2.11. The van der Waals surface area contributed by atoms with Crippen molar-refractivity contribution < 1.29 is 4.74 Å². The van der Waals surface area contributed by atoms with E-state index in [0.29, 0.717) is 6.61 Å². The maximum atomic E-state index is 5.22. The zero-order chi connectivity index (χ0) is 14.8. The fourth-order valence-electron chi connectivity index (χ4n) is 2.37. The van der Waals surface area contributed by atoms with Crippen LogP contribution < -0.4 is 5.32 Å². The van der Waals surface area contributed by atoms with E-state index in [1.165, 1.54) is 18.4 Å². The van der Waals surface area contributed by atoms with Crippen molar-refractivity contribution in [3.05, 3.63) is 40.0 Å². The molecule has 0 radical (unpaired) electrons. The summed E-state index contributed by atoms with van der Waals surface area (Å²) in [6.45, 7) is 0.451. The van der Waals surface area contributed by atoms with E-state index in [1.807, 2.05) is 7.05 Å². The number of aromatic nitrogens is 2. The lowest BCUT2D eigenvalue weighted by molar-refractivity contribution is 0.181. The molecule has 4 nitrogen and oxygen atoms in total. The molecule has 1 heterocycles. The second kappa shape index (κ2) is 6.12. The van der Waals surface area contributed by atoms with Gasteiger partial charge in [-0.05, 0) is 46.3 Å². The predicted molar refractivity (Wildman–Crippen MR) is 87.4 cm³/mol. The summed E-state index contributed by atoms with van der Waals surface area (Å²) in [4.78, 5) is 9.24. The monoisotopic (exact) mass is 347 g/mol. The quantitative estimate of drug-likeness (QED) is 0.888. The molecular weight excluding hydrogens is 330 g/mol. The number of benzene rings is 1. The Morgan fingerprint density at radius 1 is 1.33 bits per heavy atom. The Bertz CT molecular complexity index is 656. The molecule has 1 saturated carbocycles. The third kappa shape index (κ3) is 3.09. The molecule has 0 unspecified atom stereocenters. The number of anilines is 1. The van der Waals surface area contributed by atoms with E-state index in [1.54, 1.807) is 7.11 Å². The van der Waals surface area contributed by atoms with Crippen molar-refractivity contribution in [2.24, 2.45) is 0 Å². The van der Waals surface area contributed by atoms with Crippen LogP contribution in [0.2, 0.25) is 0 Å². The number of ether oxygens (including phenoxy) is 1. The van der Waals surface area contributed by atoms with Crippen LogP contribution >= 0.6 is 15.9 Å². The molecular formula is C16H18BrN3O. The summed E-state index contributed by atoms with van der Waals surface area (Å²) in [6, 6.07) is 8.54. The first-order valence-electron chi connectivity index (χ1n) is 7.06. The number of nitrogens with one attached hydrogen (secondary N) is 1. The molecule has 1 aliphatic rings. The van der Waals surface area contributed by atoms with E-state index in [4.69, 9.17) is 4.74 Å². The molecule has 1 N–H and O–H groups in total. The fourth-order valence-corrected chi connectivity index (χ4v) is 2.86. The van der Waals surface area contributed by atoms with E-state index < -0.39 is 0 Å². The van der Waals surface area contributed by atoms with E-state index in [-0.39, 0.29) is 0 Å². The first-order chi connectivity index (χ1) is 10.2. The van der Waals surface area contributed by atoms with Crippen molar-refractivity contribution in [2.75, 3.05) is 19.5 Å². The molecule has 1 aliphatic carbocycles. The molecule has 3 rings (SSSR count). The molecule has 1 aromatic heterocycles. The first-order valence-corrected chi connectivity index (χ1v) is 7.85. The number of methoxy groups -OCH3 is 1. The minimum Gasteiger partial charge on any atom is -0.378 e. The van der Waals surface area contributed by atoms with E-state index in [0.717, 1.165) is 33.3 Å². The Morgan fingerprint density at radius 2 is 2.14 bits per heavy atom. The topological polar surface area (TPSA) is 47.0 Å². The van der Waals surface area contributed by atoms with Gasteiger partial charge in [0.25, 0.3) is 0 Å². The van der Waals surface area contributed by atoms with E-state index >= 15 is 0 Å². The standard InChI is InChI=1S/C16H18BrN3O/c1-18-16-14(17)13(9-21-2)19-15(20-16)12-5-3-4-11(8-12)10-6-7-10/h3-5,8,10H,6-7,9H2,1-2H3,(H,18,19,20). The first kappa shape index (κ1) is 14.5. The summed E-state index contributed by atoms with van der Waals surface area (Å²) in [5.41, 5.74) is 3.29. The predicted octanol–water partition coefficient (Wildman–Crippen LogP) is 3.97. The van der Waals surface area contributed by atoms with Crippen molar-refractivity contribution in [1.82, 2.24) is 9.97 Å². The average Bonchev–Trinajstić information content (AvgIpc) is 3.34. The zero-order valence-corrected chi connectivity index (χ0v) is 13.8. The second-order valence-electron chi connectivity index (χ2n) is 5.24. The van der Waals surface area contributed by atoms with Crippen molar-refractivity contribution in [3.8, 4) is 11.4 Å². The highest BCUT2D eigenvalue weighted by molar-refractivity contribution is 9.10. The second-order valence-corrected chi connectivity index (χ2v) is 6.03. The summed E-state index contributed by atoms with van der Waals surface area (Å²) in [5, 5.41) is 3.10. The van der Waals surface area contributed by atoms with Gasteiger partial charge in [0.2, 0.25) is 0 Å². The van der Waals surface area contributed by atoms with Crippen molar-refractivity contribution in [2.45, 2.75) is 25.4 Å². The molecule has 1 aromatic carbocycles. The van der Waals surface area contributed by atoms with Gasteiger partial charge in [0, 0.05) is 19.7 Å². The summed E-state index contributed by atoms with van der Waals surface area (Å²) in [7, 11) is 3.52. The SMILES string of the molecule is CNc1nc(-c2cccc(C3CC3)c2)nc(COC)c1Br. The van der Waals surface area contributed by atoms with Gasteiger partial charge in [-0.1, -0.05) is 18.2 Å². The van der Waals surface area contributed by atoms with Gasteiger partial charge < -0.3 is 10.1 Å². The molecule has 1 fully saturated rings. The van der Waals surface area contributed by atoms with Gasteiger partial charge in [0.1, 0.15) is 5.82 Å². The Balaban J connectivity index is 2.04. The van der Waals surface area contributed by atoms with E-state index in [2.05, 4.69) is 55.5 Å². The molecule has 0 spiro atoms. The Kier molecular flexibility index (Phi) is 4.22. The highest BCUT2D eigenvalue weighted by Crippen LogP contribution is 2.41. The maximum absolute atomic E-state index is 5.22. The largest absolute Gasteiger partial charge is 0.378 e. The molecule has 5 heteroatoms. The van der Waals surface area contributed by atoms with Crippen LogP contribution in [-0.4, -0.2) is 24.1 Å². The fraction of sp³-hybridized carbons (Fsp3) is 0.375. The van der Waals surface area contributed by atoms with Gasteiger partial charge >= 0.3 is 0 Å². The third-order valence-electron chi connectivity index (χ3n) is 3.63. The van der Waals surface area contributed by atoms with Crippen LogP contribution in [0.4, 0.5) is 5.82 Å². The Morgan fingerprint density at radius 3 is 2.81 bits per heavy atom. The zero-order valence-electron chi connectivity index (χ0n) is 12.2. The van der Waals surface area contributed by atoms with Gasteiger partial charge in [-0.25, -0.2) is 9.97 Å². The minimum absolute atomic E-state index is 0.451. The van der Waals surface area contributed by atoms with E-state index in [9.17, 15) is 0 Å². The number of rotatable bonds is 5. The third-order valence-corrected chi connectivity index (χ3v) is 4.46. The summed E-state index contributed by atoms with van der Waals surface area (Å²) >= 11 is 3.53. The van der Waals surface area contributed by atoms with Crippen molar-refractivity contribution in [3.63, 3.8) is 0 Å². The molecule has 2 aromatic rings. The molecule has 0 bridgehead atoms. The molecule has 0 amide bonds. The van der Waals surface area contributed by atoms with Gasteiger partial charge in [0.15, 0.2) is 5.82 Å². The summed E-state index contributed by atoms with van der Waals surface area (Å²) in [5.74, 6) is 2.24. The molecule has 0 atom stereocenters. The smallest absolute Gasteiger partial charge is 0.161 e. The van der Waals surface area contributed by atoms with Crippen LogP contribution in [0.1, 0.15) is 30.0 Å². The number of hydrogen-bond donors (Lipinski definition) is 1. The molecule has 110 valence electrons. The Labute approximate surface area is 133 Å². The minimum atomic E-state index is 0.451. The van der Waals surface area contributed by atoms with Gasteiger partial charge in [-0.3, -0.25) is 0 Å². The number of halogens is 1. The lowest BCUT2D eigenvalue weighted by Crippen LogP contribution is -2.04. The number of nitrogens with zero attached hydrogens (tertiary/aromatic N) is 2. The summed E-state index contributed by atoms with van der Waals surface area (Å²) < 4.78 is 6.08. The Hall–Kier alpha value is -1.46. The van der Waals surface area contributed by atoms with Crippen LogP contribution in [0.25, 0.3) is 11.4 Å². The van der Waals surface area contributed by atoms with Crippen molar-refractivity contribution >= 4 is 21.7 Å². The van der Waals surface area contributed by atoms with Crippen LogP contribution in [-0.2, 0) is 11.3 Å². The van der Waals surface area contributed by atoms with Crippen LogP contribution in [0.3, 0.4) is 0 Å². The normalized spacial score (nSPS) is 14.2. The molecule has 0 saturated heterocycles. The van der Waals surface area contributed by atoms with Gasteiger partial charge in [-0.15, -0.1) is 0 Å². The van der Waals surface area contributed by atoms with Gasteiger partial charge in [-0.2, -0.15) is 0 Å².